The molecule has 202 valence electrons. The molecule has 13 heteroatoms. The number of halogens is 1. The van der Waals surface area contributed by atoms with Gasteiger partial charge in [-0.25, -0.2) is 12.8 Å². The van der Waals surface area contributed by atoms with E-state index in [1.807, 2.05) is 0 Å². The minimum atomic E-state index is -3.82. The van der Waals surface area contributed by atoms with Gasteiger partial charge >= 0.3 is 5.97 Å². The largest absolute Gasteiger partial charge is 0.466 e. The van der Waals surface area contributed by atoms with Crippen LogP contribution in [0.15, 0.2) is 57.8 Å². The summed E-state index contributed by atoms with van der Waals surface area (Å²) in [5.41, 5.74) is 0.814. The van der Waals surface area contributed by atoms with Crippen LogP contribution >= 0.6 is 23.1 Å². The summed E-state index contributed by atoms with van der Waals surface area (Å²) in [6.45, 7) is 2.35. The number of thioether (sulfide) groups is 1. The Labute approximate surface area is 228 Å². The maximum Gasteiger partial charge on any atom is 0.309 e. The van der Waals surface area contributed by atoms with E-state index in [2.05, 4.69) is 15.5 Å². The summed E-state index contributed by atoms with van der Waals surface area (Å²) in [6, 6.07) is 12.4. The Morgan fingerprint density at radius 2 is 1.92 bits per heavy atom. The summed E-state index contributed by atoms with van der Waals surface area (Å²) < 4.78 is 47.2. The van der Waals surface area contributed by atoms with E-state index in [1.165, 1.54) is 51.7 Å². The van der Waals surface area contributed by atoms with Crippen molar-refractivity contribution in [1.82, 2.24) is 14.5 Å². The van der Waals surface area contributed by atoms with E-state index in [4.69, 9.17) is 4.74 Å². The number of rotatable bonds is 11. The van der Waals surface area contributed by atoms with Crippen LogP contribution in [0.2, 0.25) is 0 Å². The van der Waals surface area contributed by atoms with E-state index in [1.54, 1.807) is 31.2 Å². The molecular weight excluding hydrogens is 551 g/mol. The predicted octanol–water partition coefficient (Wildman–Crippen LogP) is 4.23. The highest BCUT2D eigenvalue weighted by molar-refractivity contribution is 8.00. The zero-order valence-corrected chi connectivity index (χ0v) is 23.1. The van der Waals surface area contributed by atoms with Crippen LogP contribution in [0.4, 0.5) is 9.52 Å². The topological polar surface area (TPSA) is 119 Å². The number of Topliss-reactive ketones (excluding diaryl/α,β-unsaturated/α-hetero) is 1. The molecular formula is C25H27FN4O5S3. The molecule has 0 saturated carbocycles. The van der Waals surface area contributed by atoms with Gasteiger partial charge in [0.2, 0.25) is 15.2 Å². The minimum absolute atomic E-state index is 0.0284. The Bertz CT molecular complexity index is 1390. The van der Waals surface area contributed by atoms with E-state index < -0.39 is 10.0 Å². The van der Waals surface area contributed by atoms with Crippen molar-refractivity contribution >= 4 is 50.0 Å². The average Bonchev–Trinajstić information content (AvgIpc) is 3.39. The van der Waals surface area contributed by atoms with Crippen LogP contribution in [0.5, 0.6) is 0 Å². The summed E-state index contributed by atoms with van der Waals surface area (Å²) in [5.74, 6) is -0.783. The molecule has 1 aliphatic heterocycles. The van der Waals surface area contributed by atoms with Gasteiger partial charge in [-0.05, 0) is 43.5 Å². The van der Waals surface area contributed by atoms with Crippen molar-refractivity contribution in [2.75, 3.05) is 31.6 Å². The standard InChI is InChI=1S/C25H27FN4O5S3/c1-2-35-23(32)17-10-12-30(13-11-17)38(33,34)20-8-5-7-18(14-20)22(31)15-27-24-28-29-25(37-24)36-16-19-6-3-4-9-21(19)26/h3-9,14,17H,2,10-13,15-16H2,1H3,(H,27,28). The van der Waals surface area contributed by atoms with E-state index in [0.29, 0.717) is 40.2 Å². The molecule has 1 aliphatic rings. The molecule has 4 rings (SSSR count). The quantitative estimate of drug-likeness (QED) is 0.203. The number of carbonyl (C=O) groups excluding carboxylic acids is 2. The second-order valence-electron chi connectivity index (χ2n) is 8.49. The van der Waals surface area contributed by atoms with Crippen LogP contribution in [-0.4, -0.2) is 60.9 Å². The monoisotopic (exact) mass is 578 g/mol. The molecule has 2 heterocycles. The molecule has 0 amide bonds. The summed E-state index contributed by atoms with van der Waals surface area (Å²) in [5, 5.41) is 11.4. The van der Waals surface area contributed by atoms with Crippen molar-refractivity contribution in [2.24, 2.45) is 5.92 Å². The van der Waals surface area contributed by atoms with Gasteiger partial charge in [-0.2, -0.15) is 4.31 Å². The highest BCUT2D eigenvalue weighted by atomic mass is 32.2. The van der Waals surface area contributed by atoms with E-state index >= 15 is 0 Å². The molecule has 9 nitrogen and oxygen atoms in total. The SMILES string of the molecule is CCOC(=O)C1CCN(S(=O)(=O)c2cccc(C(=O)CNc3nnc(SCc4ccccc4F)s3)c2)CC1. The maximum absolute atomic E-state index is 13.8. The van der Waals surface area contributed by atoms with Crippen LogP contribution in [0.1, 0.15) is 35.7 Å². The number of hydrogen-bond acceptors (Lipinski definition) is 10. The van der Waals surface area contributed by atoms with Crippen molar-refractivity contribution in [3.63, 3.8) is 0 Å². The Kier molecular flexibility index (Phi) is 9.47. The fourth-order valence-corrected chi connectivity index (χ4v) is 7.17. The van der Waals surface area contributed by atoms with Crippen LogP contribution in [0.3, 0.4) is 0 Å². The lowest BCUT2D eigenvalue weighted by Crippen LogP contribution is -2.40. The smallest absolute Gasteiger partial charge is 0.309 e. The normalized spacial score (nSPS) is 14.8. The first-order valence-electron chi connectivity index (χ1n) is 12.0. The van der Waals surface area contributed by atoms with Gasteiger partial charge in [0.25, 0.3) is 0 Å². The van der Waals surface area contributed by atoms with Crippen molar-refractivity contribution in [2.45, 2.75) is 34.8 Å². The molecule has 1 aromatic heterocycles. The number of nitrogens with one attached hydrogen (secondary N) is 1. The molecule has 0 aliphatic carbocycles. The van der Waals surface area contributed by atoms with Crippen molar-refractivity contribution in [3.8, 4) is 0 Å². The molecule has 2 aromatic carbocycles. The Hall–Kier alpha value is -2.87. The highest BCUT2D eigenvalue weighted by Gasteiger charge is 2.33. The number of sulfonamides is 1. The number of ether oxygens (including phenoxy) is 1. The number of esters is 1. The van der Waals surface area contributed by atoms with Crippen LogP contribution in [0, 0.1) is 11.7 Å². The number of anilines is 1. The van der Waals surface area contributed by atoms with Gasteiger partial charge in [0.05, 0.1) is 24.0 Å². The molecule has 1 fully saturated rings. The summed E-state index contributed by atoms with van der Waals surface area (Å²) in [7, 11) is -3.82. The van der Waals surface area contributed by atoms with Gasteiger partial charge in [0.15, 0.2) is 10.1 Å². The van der Waals surface area contributed by atoms with Crippen molar-refractivity contribution in [3.05, 3.63) is 65.5 Å². The summed E-state index contributed by atoms with van der Waals surface area (Å²) in [6.07, 6.45) is 0.784. The van der Waals surface area contributed by atoms with Gasteiger partial charge in [-0.1, -0.05) is 53.4 Å². The highest BCUT2D eigenvalue weighted by Crippen LogP contribution is 2.29. The second-order valence-corrected chi connectivity index (χ2v) is 12.6. The Balaban J connectivity index is 1.32. The molecule has 1 N–H and O–H groups in total. The minimum Gasteiger partial charge on any atom is -0.466 e. The zero-order valence-electron chi connectivity index (χ0n) is 20.6. The molecule has 1 saturated heterocycles. The average molecular weight is 579 g/mol. The third kappa shape index (κ3) is 6.95. The molecule has 0 atom stereocenters. The predicted molar refractivity (Wildman–Crippen MR) is 143 cm³/mol. The molecule has 0 radical (unpaired) electrons. The summed E-state index contributed by atoms with van der Waals surface area (Å²) in [4.78, 5) is 24.8. The number of nitrogens with zero attached hydrogens (tertiary/aromatic N) is 3. The Morgan fingerprint density at radius 3 is 2.66 bits per heavy atom. The molecule has 38 heavy (non-hydrogen) atoms. The van der Waals surface area contributed by atoms with Crippen molar-refractivity contribution in [1.29, 1.82) is 0 Å². The van der Waals surface area contributed by atoms with E-state index in [-0.39, 0.29) is 53.6 Å². The fourth-order valence-electron chi connectivity index (χ4n) is 3.92. The maximum atomic E-state index is 13.8. The number of benzene rings is 2. The van der Waals surface area contributed by atoms with Gasteiger partial charge < -0.3 is 10.1 Å². The molecule has 0 bridgehead atoms. The second kappa shape index (κ2) is 12.8. The number of ketones is 1. The first kappa shape index (κ1) is 28.1. The van der Waals surface area contributed by atoms with Gasteiger partial charge in [0, 0.05) is 24.4 Å². The third-order valence-corrected chi connectivity index (χ3v) is 9.94. The van der Waals surface area contributed by atoms with Gasteiger partial charge in [-0.15, -0.1) is 10.2 Å². The van der Waals surface area contributed by atoms with Crippen molar-refractivity contribution < 1.29 is 27.1 Å². The first-order chi connectivity index (χ1) is 18.3. The number of aromatic nitrogens is 2. The van der Waals surface area contributed by atoms with Crippen LogP contribution < -0.4 is 5.32 Å². The molecule has 0 spiro atoms. The van der Waals surface area contributed by atoms with Crippen LogP contribution in [0.25, 0.3) is 0 Å². The molecule has 0 unspecified atom stereocenters. The van der Waals surface area contributed by atoms with Crippen LogP contribution in [-0.2, 0) is 25.3 Å². The number of hydrogen-bond donors (Lipinski definition) is 1. The third-order valence-electron chi connectivity index (χ3n) is 5.98. The lowest BCUT2D eigenvalue weighted by Gasteiger charge is -2.30. The van der Waals surface area contributed by atoms with E-state index in [0.717, 1.165) is 0 Å². The number of piperidine rings is 1. The fraction of sp³-hybridized carbons (Fsp3) is 0.360. The number of carbonyl (C=O) groups is 2. The summed E-state index contributed by atoms with van der Waals surface area (Å²) >= 11 is 2.59. The molecule has 3 aromatic rings. The van der Waals surface area contributed by atoms with Gasteiger partial charge in [-0.3, -0.25) is 9.59 Å². The first-order valence-corrected chi connectivity index (χ1v) is 15.3. The zero-order chi connectivity index (χ0) is 27.1. The van der Waals surface area contributed by atoms with E-state index in [9.17, 15) is 22.4 Å². The lowest BCUT2D eigenvalue weighted by molar-refractivity contribution is -0.149. The van der Waals surface area contributed by atoms with Gasteiger partial charge in [0.1, 0.15) is 5.82 Å². The lowest BCUT2D eigenvalue weighted by atomic mass is 9.98. The Morgan fingerprint density at radius 1 is 1.16 bits per heavy atom.